The molecule has 0 atom stereocenters. The highest BCUT2D eigenvalue weighted by atomic mass is 32.1. The Hall–Kier alpha value is -0.890. The van der Waals surface area contributed by atoms with E-state index in [0.717, 1.165) is 10.5 Å². The van der Waals surface area contributed by atoms with Gasteiger partial charge in [0, 0.05) is 4.88 Å². The van der Waals surface area contributed by atoms with Crippen LogP contribution in [0.2, 0.25) is 0 Å². The second-order valence-electron chi connectivity index (χ2n) is 3.15. The van der Waals surface area contributed by atoms with Gasteiger partial charge in [-0.15, -0.1) is 11.3 Å². The van der Waals surface area contributed by atoms with E-state index in [1.165, 1.54) is 10.4 Å². The lowest BCUT2D eigenvalue weighted by atomic mass is 10.1. The van der Waals surface area contributed by atoms with Crippen LogP contribution in [0.3, 0.4) is 0 Å². The summed E-state index contributed by atoms with van der Waals surface area (Å²) < 4.78 is 0. The molecule has 0 aliphatic heterocycles. The Labute approximate surface area is 83.1 Å². The smallest absolute Gasteiger partial charge is 0.198 e. The SMILES string of the molecule is C/C=C(\C)C(=O)c1cc(C)c(C)s1. The fourth-order valence-corrected chi connectivity index (χ4v) is 2.05. The summed E-state index contributed by atoms with van der Waals surface area (Å²) in [5.41, 5.74) is 2.03. The number of hydrogen-bond donors (Lipinski definition) is 0. The molecule has 0 saturated carbocycles. The monoisotopic (exact) mass is 194 g/mol. The first-order valence-electron chi connectivity index (χ1n) is 4.31. The summed E-state index contributed by atoms with van der Waals surface area (Å²) in [6.07, 6.45) is 1.85. The summed E-state index contributed by atoms with van der Waals surface area (Å²) in [6, 6.07) is 1.97. The molecule has 1 aromatic heterocycles. The number of Topliss-reactive ketones (excluding diaryl/α,β-unsaturated/α-hetero) is 1. The van der Waals surface area contributed by atoms with Gasteiger partial charge in [0.25, 0.3) is 0 Å². The Kier molecular flexibility index (Phi) is 3.04. The maximum absolute atomic E-state index is 11.7. The third-order valence-corrected chi connectivity index (χ3v) is 3.33. The minimum atomic E-state index is 0.156. The van der Waals surface area contributed by atoms with E-state index in [-0.39, 0.29) is 5.78 Å². The predicted octanol–water partition coefficient (Wildman–Crippen LogP) is 3.51. The zero-order valence-corrected chi connectivity index (χ0v) is 9.29. The number of rotatable bonds is 2. The van der Waals surface area contributed by atoms with Gasteiger partial charge in [-0.2, -0.15) is 0 Å². The van der Waals surface area contributed by atoms with Crippen LogP contribution in [0.25, 0.3) is 0 Å². The molecule has 70 valence electrons. The molecule has 0 saturated heterocycles. The van der Waals surface area contributed by atoms with Gasteiger partial charge in [-0.05, 0) is 44.9 Å². The van der Waals surface area contributed by atoms with E-state index in [0.29, 0.717) is 0 Å². The Morgan fingerprint density at radius 2 is 2.08 bits per heavy atom. The minimum Gasteiger partial charge on any atom is -0.288 e. The zero-order valence-electron chi connectivity index (χ0n) is 8.47. The highest BCUT2D eigenvalue weighted by Gasteiger charge is 2.11. The maximum atomic E-state index is 11.7. The fraction of sp³-hybridized carbons (Fsp3) is 0.364. The van der Waals surface area contributed by atoms with E-state index in [2.05, 4.69) is 0 Å². The third-order valence-electron chi connectivity index (χ3n) is 2.18. The van der Waals surface area contributed by atoms with Gasteiger partial charge in [-0.3, -0.25) is 4.79 Å². The molecular weight excluding hydrogens is 180 g/mol. The van der Waals surface area contributed by atoms with Crippen molar-refractivity contribution >= 4 is 17.1 Å². The first-order chi connectivity index (χ1) is 6.06. The first kappa shape index (κ1) is 10.2. The maximum Gasteiger partial charge on any atom is 0.198 e. The first-order valence-corrected chi connectivity index (χ1v) is 5.12. The van der Waals surface area contributed by atoms with Crippen LogP contribution in [0.15, 0.2) is 17.7 Å². The lowest BCUT2D eigenvalue weighted by Gasteiger charge is -1.94. The quantitative estimate of drug-likeness (QED) is 0.520. The van der Waals surface area contributed by atoms with E-state index in [1.807, 2.05) is 39.8 Å². The number of allylic oxidation sites excluding steroid dienone is 2. The summed E-state index contributed by atoms with van der Waals surface area (Å²) in [5, 5.41) is 0. The Balaban J connectivity index is 3.03. The standard InChI is InChI=1S/C11H14OS/c1-5-7(2)11(12)10-6-8(3)9(4)13-10/h5-6H,1-4H3/b7-5+. The molecule has 0 aliphatic carbocycles. The van der Waals surface area contributed by atoms with Gasteiger partial charge in [-0.1, -0.05) is 6.08 Å². The van der Waals surface area contributed by atoms with E-state index in [4.69, 9.17) is 0 Å². The predicted molar refractivity (Wildman–Crippen MR) is 57.6 cm³/mol. The van der Waals surface area contributed by atoms with Crippen molar-refractivity contribution in [2.45, 2.75) is 27.7 Å². The number of ketones is 1. The Morgan fingerprint density at radius 3 is 2.46 bits per heavy atom. The van der Waals surface area contributed by atoms with Crippen molar-refractivity contribution in [1.82, 2.24) is 0 Å². The van der Waals surface area contributed by atoms with Gasteiger partial charge < -0.3 is 0 Å². The average molecular weight is 194 g/mol. The lowest BCUT2D eigenvalue weighted by molar-refractivity contribution is 0.103. The Bertz CT molecular complexity index is 339. The van der Waals surface area contributed by atoms with Crippen molar-refractivity contribution in [3.8, 4) is 0 Å². The lowest BCUT2D eigenvalue weighted by Crippen LogP contribution is -1.96. The second kappa shape index (κ2) is 3.88. The fourth-order valence-electron chi connectivity index (χ4n) is 1.01. The van der Waals surface area contributed by atoms with E-state index < -0.39 is 0 Å². The van der Waals surface area contributed by atoms with Gasteiger partial charge in [0.2, 0.25) is 0 Å². The second-order valence-corrected chi connectivity index (χ2v) is 4.41. The molecule has 0 radical (unpaired) electrons. The van der Waals surface area contributed by atoms with Gasteiger partial charge in [0.05, 0.1) is 4.88 Å². The topological polar surface area (TPSA) is 17.1 Å². The van der Waals surface area contributed by atoms with Crippen LogP contribution in [-0.2, 0) is 0 Å². The molecule has 1 nitrogen and oxygen atoms in total. The van der Waals surface area contributed by atoms with Crippen molar-refractivity contribution in [2.75, 3.05) is 0 Å². The van der Waals surface area contributed by atoms with E-state index in [1.54, 1.807) is 11.3 Å². The van der Waals surface area contributed by atoms with Crippen LogP contribution in [0.4, 0.5) is 0 Å². The molecule has 0 aromatic carbocycles. The summed E-state index contributed by atoms with van der Waals surface area (Å²) in [6.45, 7) is 7.82. The molecule has 1 rings (SSSR count). The van der Waals surface area contributed by atoms with Crippen molar-refractivity contribution in [3.05, 3.63) is 33.0 Å². The van der Waals surface area contributed by atoms with Crippen molar-refractivity contribution in [1.29, 1.82) is 0 Å². The molecular formula is C11H14OS. The molecule has 1 aromatic rings. The number of aryl methyl sites for hydroxylation is 2. The molecule has 0 bridgehead atoms. The number of carbonyl (C=O) groups is 1. The van der Waals surface area contributed by atoms with Crippen molar-refractivity contribution in [3.63, 3.8) is 0 Å². The molecule has 0 N–H and O–H groups in total. The van der Waals surface area contributed by atoms with Gasteiger partial charge in [-0.25, -0.2) is 0 Å². The van der Waals surface area contributed by atoms with Crippen LogP contribution in [-0.4, -0.2) is 5.78 Å². The average Bonchev–Trinajstić information content (AvgIpc) is 2.44. The summed E-state index contributed by atoms with van der Waals surface area (Å²) >= 11 is 1.58. The van der Waals surface area contributed by atoms with Crippen LogP contribution in [0.1, 0.15) is 34.0 Å². The molecule has 1 heterocycles. The van der Waals surface area contributed by atoms with Crippen molar-refractivity contribution < 1.29 is 4.79 Å². The summed E-state index contributed by atoms with van der Waals surface area (Å²) in [4.78, 5) is 13.8. The third kappa shape index (κ3) is 2.07. The van der Waals surface area contributed by atoms with E-state index >= 15 is 0 Å². The van der Waals surface area contributed by atoms with E-state index in [9.17, 15) is 4.79 Å². The molecule has 0 amide bonds. The number of thiophene rings is 1. The van der Waals surface area contributed by atoms with Crippen molar-refractivity contribution in [2.24, 2.45) is 0 Å². The molecule has 0 spiro atoms. The Morgan fingerprint density at radius 1 is 1.46 bits per heavy atom. The van der Waals surface area contributed by atoms with Gasteiger partial charge >= 0.3 is 0 Å². The normalized spacial score (nSPS) is 11.8. The van der Waals surface area contributed by atoms with Crippen LogP contribution < -0.4 is 0 Å². The molecule has 13 heavy (non-hydrogen) atoms. The molecule has 2 heteroatoms. The highest BCUT2D eigenvalue weighted by Crippen LogP contribution is 2.22. The summed E-state index contributed by atoms with van der Waals surface area (Å²) in [5.74, 6) is 0.156. The van der Waals surface area contributed by atoms with Crippen LogP contribution in [0.5, 0.6) is 0 Å². The minimum absolute atomic E-state index is 0.156. The molecule has 0 fully saturated rings. The highest BCUT2D eigenvalue weighted by molar-refractivity contribution is 7.14. The van der Waals surface area contributed by atoms with Gasteiger partial charge in [0.1, 0.15) is 0 Å². The largest absolute Gasteiger partial charge is 0.288 e. The molecule has 0 aliphatic rings. The molecule has 0 unspecified atom stereocenters. The van der Waals surface area contributed by atoms with Gasteiger partial charge in [0.15, 0.2) is 5.78 Å². The summed E-state index contributed by atoms with van der Waals surface area (Å²) in [7, 11) is 0. The number of carbonyl (C=O) groups excluding carboxylic acids is 1. The van der Waals surface area contributed by atoms with Crippen LogP contribution in [0, 0.1) is 13.8 Å². The van der Waals surface area contributed by atoms with Crippen LogP contribution >= 0.6 is 11.3 Å². The number of hydrogen-bond acceptors (Lipinski definition) is 2. The zero-order chi connectivity index (χ0) is 10.0.